The summed E-state index contributed by atoms with van der Waals surface area (Å²) >= 11 is 0. The molecule has 0 heterocycles. The van der Waals surface area contributed by atoms with E-state index in [2.05, 4.69) is 34.6 Å². The second-order valence-electron chi connectivity index (χ2n) is 24.3. The van der Waals surface area contributed by atoms with Crippen LogP contribution in [0.25, 0.3) is 0 Å². The van der Waals surface area contributed by atoms with Crippen molar-refractivity contribution in [2.45, 2.75) is 355 Å². The van der Waals surface area contributed by atoms with E-state index in [9.17, 15) is 43.2 Å². The van der Waals surface area contributed by atoms with Gasteiger partial charge in [0.25, 0.3) is 0 Å². The van der Waals surface area contributed by atoms with Gasteiger partial charge in [-0.25, -0.2) is 9.13 Å². The van der Waals surface area contributed by atoms with Gasteiger partial charge in [-0.2, -0.15) is 0 Å². The SMILES string of the molecule is CCCCCCCCCCCCCCCCCCC(=O)O[C@H](COC(=O)CCCCCCCCCCCCCC)COP(=O)(O)OC[C@@H](O)COP(=O)(O)OC[C@@H](COC(=O)CCCCCCCCC)OC(=O)CCCCCCCCCC(C)C. The number of hydrogen-bond donors (Lipinski definition) is 3. The Kier molecular flexibility index (Phi) is 58.3. The van der Waals surface area contributed by atoms with Crippen LogP contribution in [0.4, 0.5) is 0 Å². The summed E-state index contributed by atoms with van der Waals surface area (Å²) in [5, 5.41) is 10.5. The van der Waals surface area contributed by atoms with Gasteiger partial charge in [0.1, 0.15) is 19.3 Å². The minimum absolute atomic E-state index is 0.103. The number of unbranched alkanes of at least 4 members (excludes halogenated alkanes) is 38. The predicted octanol–water partition coefficient (Wildman–Crippen LogP) is 18.6. The highest BCUT2D eigenvalue weighted by Crippen LogP contribution is 2.45. The Hall–Kier alpha value is -1.94. The van der Waals surface area contributed by atoms with Crippen LogP contribution in [0.3, 0.4) is 0 Å². The maximum atomic E-state index is 13.0. The molecule has 0 aliphatic heterocycles. The largest absolute Gasteiger partial charge is 0.472 e. The van der Waals surface area contributed by atoms with Crippen LogP contribution in [-0.2, 0) is 65.4 Å². The lowest BCUT2D eigenvalue weighted by Gasteiger charge is -2.21. The number of rotatable bonds is 66. The minimum atomic E-state index is -4.95. The van der Waals surface area contributed by atoms with Gasteiger partial charge < -0.3 is 33.8 Å². The molecule has 0 aliphatic carbocycles. The molecule has 85 heavy (non-hydrogen) atoms. The average Bonchev–Trinajstić information content (AvgIpc) is 3.48. The van der Waals surface area contributed by atoms with E-state index in [1.54, 1.807) is 0 Å². The maximum absolute atomic E-state index is 13.0. The fourth-order valence-corrected chi connectivity index (χ4v) is 11.5. The fourth-order valence-electron chi connectivity index (χ4n) is 9.94. The van der Waals surface area contributed by atoms with Crippen molar-refractivity contribution >= 4 is 39.5 Å². The van der Waals surface area contributed by atoms with E-state index >= 15 is 0 Å². The number of carbonyl (C=O) groups is 4. The number of aliphatic hydroxyl groups is 1. The molecule has 3 N–H and O–H groups in total. The summed E-state index contributed by atoms with van der Waals surface area (Å²) < 4.78 is 68.0. The van der Waals surface area contributed by atoms with Crippen molar-refractivity contribution in [3.05, 3.63) is 0 Å². The smallest absolute Gasteiger partial charge is 0.462 e. The number of esters is 4. The van der Waals surface area contributed by atoms with Gasteiger partial charge in [0.2, 0.25) is 0 Å². The lowest BCUT2D eigenvalue weighted by atomic mass is 10.0. The molecule has 0 radical (unpaired) electrons. The molecule has 0 amide bonds. The van der Waals surface area contributed by atoms with Crippen molar-refractivity contribution in [2.24, 2.45) is 5.92 Å². The zero-order valence-electron chi connectivity index (χ0n) is 54.7. The summed E-state index contributed by atoms with van der Waals surface area (Å²) in [6.45, 7) is 7.11. The quantitative estimate of drug-likeness (QED) is 0.0222. The Morgan fingerprint density at radius 1 is 0.318 bits per heavy atom. The summed E-state index contributed by atoms with van der Waals surface area (Å²) in [6, 6.07) is 0. The summed E-state index contributed by atoms with van der Waals surface area (Å²) in [5.41, 5.74) is 0. The number of phosphoric acid groups is 2. The van der Waals surface area contributed by atoms with Crippen LogP contribution in [0.2, 0.25) is 0 Å². The fraction of sp³-hybridized carbons (Fsp3) is 0.939. The molecule has 0 saturated heterocycles. The Balaban J connectivity index is 5.20. The summed E-state index contributed by atoms with van der Waals surface area (Å²) in [5.74, 6) is -1.44. The first-order chi connectivity index (χ1) is 41.0. The van der Waals surface area contributed by atoms with Crippen molar-refractivity contribution in [3.63, 3.8) is 0 Å². The predicted molar refractivity (Wildman–Crippen MR) is 340 cm³/mol. The van der Waals surface area contributed by atoms with Gasteiger partial charge in [0, 0.05) is 25.7 Å². The Morgan fingerprint density at radius 2 is 0.541 bits per heavy atom. The molecule has 0 fully saturated rings. The molecule has 0 aliphatic rings. The van der Waals surface area contributed by atoms with Crippen molar-refractivity contribution in [3.8, 4) is 0 Å². The second kappa shape index (κ2) is 59.7. The first-order valence-electron chi connectivity index (χ1n) is 34.6. The number of ether oxygens (including phenoxy) is 4. The number of hydrogen-bond acceptors (Lipinski definition) is 15. The summed E-state index contributed by atoms with van der Waals surface area (Å²) in [7, 11) is -9.88. The molecule has 2 unspecified atom stereocenters. The standard InChI is InChI=1S/C66H128O17P2/c1-6-9-12-15-18-20-22-24-25-26-27-29-31-36-41-46-51-65(70)82-62(56-77-64(69)50-45-40-35-30-28-23-21-19-16-13-10-7-2)58-81-85(74,75)79-54-60(67)53-78-84(72,73)80-57-61(55-76-63(68)49-44-39-33-17-14-11-8-3)83-66(71)52-47-42-37-32-34-38-43-48-59(4)5/h59-62,67H,6-58H2,1-5H3,(H,72,73)(H,74,75)/t60-,61+,62+/m0/s1. The zero-order chi connectivity index (χ0) is 62.8. The maximum Gasteiger partial charge on any atom is 0.472 e. The minimum Gasteiger partial charge on any atom is -0.462 e. The molecule has 0 bridgehead atoms. The van der Waals surface area contributed by atoms with Crippen molar-refractivity contribution < 1.29 is 80.2 Å². The van der Waals surface area contributed by atoms with E-state index in [0.29, 0.717) is 31.6 Å². The van der Waals surface area contributed by atoms with Crippen LogP contribution in [-0.4, -0.2) is 96.7 Å². The van der Waals surface area contributed by atoms with E-state index in [1.807, 2.05) is 0 Å². The summed E-state index contributed by atoms with van der Waals surface area (Å²) in [4.78, 5) is 72.2. The van der Waals surface area contributed by atoms with E-state index in [0.717, 1.165) is 103 Å². The van der Waals surface area contributed by atoms with Gasteiger partial charge in [-0.05, 0) is 31.6 Å². The number of aliphatic hydroxyl groups excluding tert-OH is 1. The van der Waals surface area contributed by atoms with Crippen LogP contribution in [0.15, 0.2) is 0 Å². The number of phosphoric ester groups is 2. The molecule has 19 heteroatoms. The van der Waals surface area contributed by atoms with Crippen LogP contribution in [0, 0.1) is 5.92 Å². The highest BCUT2D eigenvalue weighted by molar-refractivity contribution is 7.47. The lowest BCUT2D eigenvalue weighted by molar-refractivity contribution is -0.161. The first kappa shape index (κ1) is 83.1. The molecule has 0 saturated carbocycles. The van der Waals surface area contributed by atoms with Crippen LogP contribution in [0.5, 0.6) is 0 Å². The monoisotopic (exact) mass is 1250 g/mol. The molecule has 0 spiro atoms. The van der Waals surface area contributed by atoms with Crippen LogP contribution >= 0.6 is 15.6 Å². The van der Waals surface area contributed by atoms with Gasteiger partial charge in [-0.3, -0.25) is 37.3 Å². The van der Waals surface area contributed by atoms with Crippen molar-refractivity contribution in [1.82, 2.24) is 0 Å². The molecule has 17 nitrogen and oxygen atoms in total. The van der Waals surface area contributed by atoms with E-state index in [1.165, 1.54) is 148 Å². The van der Waals surface area contributed by atoms with Gasteiger partial charge in [0.05, 0.1) is 26.4 Å². The topological polar surface area (TPSA) is 237 Å². The molecule has 0 rings (SSSR count). The Morgan fingerprint density at radius 3 is 0.800 bits per heavy atom. The molecule has 0 aromatic rings. The third-order valence-electron chi connectivity index (χ3n) is 15.3. The van der Waals surface area contributed by atoms with E-state index < -0.39 is 97.5 Å². The molecular formula is C66H128O17P2. The lowest BCUT2D eigenvalue weighted by Crippen LogP contribution is -2.30. The second-order valence-corrected chi connectivity index (χ2v) is 27.2. The Labute approximate surface area is 517 Å². The van der Waals surface area contributed by atoms with Crippen molar-refractivity contribution in [2.75, 3.05) is 39.6 Å². The zero-order valence-corrected chi connectivity index (χ0v) is 56.5. The van der Waals surface area contributed by atoms with Gasteiger partial charge >= 0.3 is 39.5 Å². The third kappa shape index (κ3) is 60.7. The van der Waals surface area contributed by atoms with Gasteiger partial charge in [0.15, 0.2) is 12.2 Å². The molecule has 0 aromatic carbocycles. The molecular weight excluding hydrogens is 1130 g/mol. The van der Waals surface area contributed by atoms with Gasteiger partial charge in [-0.15, -0.1) is 0 Å². The number of carbonyl (C=O) groups excluding carboxylic acids is 4. The highest BCUT2D eigenvalue weighted by Gasteiger charge is 2.30. The average molecular weight is 1260 g/mol. The first-order valence-corrected chi connectivity index (χ1v) is 37.6. The normalized spacial score (nSPS) is 14.2. The van der Waals surface area contributed by atoms with Gasteiger partial charge in [-0.1, -0.05) is 285 Å². The van der Waals surface area contributed by atoms with Crippen LogP contribution in [0.1, 0.15) is 336 Å². The van der Waals surface area contributed by atoms with E-state index in [-0.39, 0.29) is 25.7 Å². The third-order valence-corrected chi connectivity index (χ3v) is 17.2. The molecule has 504 valence electrons. The molecule has 5 atom stereocenters. The van der Waals surface area contributed by atoms with Crippen molar-refractivity contribution in [1.29, 1.82) is 0 Å². The van der Waals surface area contributed by atoms with Crippen LogP contribution < -0.4 is 0 Å². The highest BCUT2D eigenvalue weighted by atomic mass is 31.2. The Bertz CT molecular complexity index is 1650. The molecule has 0 aromatic heterocycles. The summed E-state index contributed by atoms with van der Waals surface area (Å²) in [6.07, 6.45) is 44.6. The van der Waals surface area contributed by atoms with E-state index in [4.69, 9.17) is 37.0 Å².